The molecule has 3 N–H and O–H groups in total. The molecule has 0 saturated heterocycles. The van der Waals surface area contributed by atoms with E-state index in [0.717, 1.165) is 28.5 Å². The maximum Gasteiger partial charge on any atom is 0.335 e. The number of aryl methyl sites for hydroxylation is 1. The SMILES string of the molecule is CCc1cc(C(=O)O)cc2c(C(C)O)c[nH]c12. The maximum atomic E-state index is 11.0. The van der Waals surface area contributed by atoms with Gasteiger partial charge in [-0.15, -0.1) is 0 Å². The van der Waals surface area contributed by atoms with Crippen molar-refractivity contribution in [2.45, 2.75) is 26.4 Å². The number of carbonyl (C=O) groups is 1. The molecule has 0 aliphatic carbocycles. The monoisotopic (exact) mass is 233 g/mol. The van der Waals surface area contributed by atoms with E-state index in [1.165, 1.54) is 0 Å². The number of hydrogen-bond donors (Lipinski definition) is 3. The number of benzene rings is 1. The highest BCUT2D eigenvalue weighted by atomic mass is 16.4. The van der Waals surface area contributed by atoms with E-state index in [2.05, 4.69) is 4.98 Å². The second-order valence-corrected chi connectivity index (χ2v) is 4.14. The Bertz CT molecular complexity index is 569. The lowest BCUT2D eigenvalue weighted by Crippen LogP contribution is -1.99. The van der Waals surface area contributed by atoms with Crippen LogP contribution in [0.15, 0.2) is 18.3 Å². The van der Waals surface area contributed by atoms with Crippen molar-refractivity contribution in [3.63, 3.8) is 0 Å². The van der Waals surface area contributed by atoms with Crippen LogP contribution in [0, 0.1) is 0 Å². The quantitative estimate of drug-likeness (QED) is 0.762. The molecular formula is C13H15NO3. The molecule has 17 heavy (non-hydrogen) atoms. The molecule has 1 aromatic carbocycles. The number of carboxylic acid groups (broad SMARTS) is 1. The van der Waals surface area contributed by atoms with Gasteiger partial charge in [0.15, 0.2) is 0 Å². The highest BCUT2D eigenvalue weighted by Gasteiger charge is 2.14. The Hall–Kier alpha value is -1.81. The highest BCUT2D eigenvalue weighted by molar-refractivity contribution is 5.96. The van der Waals surface area contributed by atoms with E-state index in [1.807, 2.05) is 6.92 Å². The number of aromatic nitrogens is 1. The van der Waals surface area contributed by atoms with Gasteiger partial charge in [-0.2, -0.15) is 0 Å². The van der Waals surface area contributed by atoms with Gasteiger partial charge in [-0.25, -0.2) is 4.79 Å². The fourth-order valence-electron chi connectivity index (χ4n) is 2.08. The van der Waals surface area contributed by atoms with Crippen molar-refractivity contribution in [3.05, 3.63) is 35.0 Å². The van der Waals surface area contributed by atoms with Gasteiger partial charge in [-0.3, -0.25) is 0 Å². The smallest absolute Gasteiger partial charge is 0.335 e. The van der Waals surface area contributed by atoms with E-state index in [0.29, 0.717) is 0 Å². The van der Waals surface area contributed by atoms with Crippen molar-refractivity contribution in [1.29, 1.82) is 0 Å². The van der Waals surface area contributed by atoms with Crippen molar-refractivity contribution >= 4 is 16.9 Å². The molecule has 0 aliphatic rings. The Labute approximate surface area is 98.9 Å². The van der Waals surface area contributed by atoms with Crippen LogP contribution in [-0.2, 0) is 6.42 Å². The third kappa shape index (κ3) is 1.91. The molecule has 0 radical (unpaired) electrons. The molecule has 1 aromatic heterocycles. The van der Waals surface area contributed by atoms with E-state index >= 15 is 0 Å². The number of nitrogens with one attached hydrogen (secondary N) is 1. The van der Waals surface area contributed by atoms with Gasteiger partial charge in [-0.1, -0.05) is 6.92 Å². The van der Waals surface area contributed by atoms with Crippen LogP contribution >= 0.6 is 0 Å². The van der Waals surface area contributed by atoms with Gasteiger partial charge in [0.25, 0.3) is 0 Å². The van der Waals surface area contributed by atoms with Gasteiger partial charge < -0.3 is 15.2 Å². The number of aliphatic hydroxyl groups is 1. The summed E-state index contributed by atoms with van der Waals surface area (Å²) >= 11 is 0. The molecule has 0 spiro atoms. The molecule has 2 rings (SSSR count). The molecule has 0 aliphatic heterocycles. The summed E-state index contributed by atoms with van der Waals surface area (Å²) in [5.74, 6) is -0.945. The Morgan fingerprint density at radius 1 is 1.47 bits per heavy atom. The molecule has 4 nitrogen and oxygen atoms in total. The number of carboxylic acids is 1. The average molecular weight is 233 g/mol. The first kappa shape index (κ1) is 11.7. The summed E-state index contributed by atoms with van der Waals surface area (Å²) in [7, 11) is 0. The second kappa shape index (κ2) is 4.22. The lowest BCUT2D eigenvalue weighted by atomic mass is 10.0. The first-order valence-electron chi connectivity index (χ1n) is 5.59. The molecule has 0 fully saturated rings. The fraction of sp³-hybridized carbons (Fsp3) is 0.308. The van der Waals surface area contributed by atoms with Crippen molar-refractivity contribution < 1.29 is 15.0 Å². The van der Waals surface area contributed by atoms with Crippen molar-refractivity contribution in [3.8, 4) is 0 Å². The van der Waals surface area contributed by atoms with Crippen LogP contribution in [0.25, 0.3) is 10.9 Å². The van der Waals surface area contributed by atoms with E-state index in [4.69, 9.17) is 5.11 Å². The molecule has 90 valence electrons. The number of aromatic amines is 1. The van der Waals surface area contributed by atoms with Crippen molar-refractivity contribution in [2.75, 3.05) is 0 Å². The van der Waals surface area contributed by atoms with E-state index < -0.39 is 12.1 Å². The van der Waals surface area contributed by atoms with Crippen molar-refractivity contribution in [1.82, 2.24) is 4.98 Å². The number of aromatic carboxylic acids is 1. The third-order valence-electron chi connectivity index (χ3n) is 2.98. The lowest BCUT2D eigenvalue weighted by molar-refractivity contribution is 0.0697. The summed E-state index contributed by atoms with van der Waals surface area (Å²) in [5.41, 5.74) is 2.86. The summed E-state index contributed by atoms with van der Waals surface area (Å²) in [6.07, 6.45) is 1.87. The second-order valence-electron chi connectivity index (χ2n) is 4.14. The number of aliphatic hydroxyl groups excluding tert-OH is 1. The minimum atomic E-state index is -0.945. The average Bonchev–Trinajstić information content (AvgIpc) is 2.70. The number of H-pyrrole nitrogens is 1. The predicted octanol–water partition coefficient (Wildman–Crippen LogP) is 2.48. The number of rotatable bonds is 3. The summed E-state index contributed by atoms with van der Waals surface area (Å²) in [5, 5.41) is 19.5. The Morgan fingerprint density at radius 2 is 2.18 bits per heavy atom. The topological polar surface area (TPSA) is 73.3 Å². The molecule has 4 heteroatoms. The summed E-state index contributed by atoms with van der Waals surface area (Å²) in [4.78, 5) is 14.1. The van der Waals surface area contributed by atoms with Crippen LogP contribution < -0.4 is 0 Å². The molecule has 2 aromatic rings. The molecule has 0 bridgehead atoms. The zero-order valence-electron chi connectivity index (χ0n) is 9.82. The van der Waals surface area contributed by atoms with E-state index in [-0.39, 0.29) is 5.56 Å². The van der Waals surface area contributed by atoms with Gasteiger partial charge in [-0.05, 0) is 31.0 Å². The standard InChI is InChI=1S/C13H15NO3/c1-3-8-4-9(13(16)17)5-10-11(7(2)15)6-14-12(8)10/h4-7,14-15H,3H2,1-2H3,(H,16,17). The first-order valence-corrected chi connectivity index (χ1v) is 5.59. The number of fused-ring (bicyclic) bond motifs is 1. The Kier molecular flexibility index (Phi) is 2.90. The van der Waals surface area contributed by atoms with Crippen molar-refractivity contribution in [2.24, 2.45) is 0 Å². The number of hydrogen-bond acceptors (Lipinski definition) is 2. The van der Waals surface area contributed by atoms with Crippen LogP contribution in [0.4, 0.5) is 0 Å². The van der Waals surface area contributed by atoms with Gasteiger partial charge in [0, 0.05) is 22.7 Å². The largest absolute Gasteiger partial charge is 0.478 e. The Balaban J connectivity index is 2.76. The molecular weight excluding hydrogens is 218 g/mol. The summed E-state index contributed by atoms with van der Waals surface area (Å²) in [6.45, 7) is 3.64. The fourth-order valence-corrected chi connectivity index (χ4v) is 2.08. The molecule has 0 amide bonds. The van der Waals surface area contributed by atoms with Gasteiger partial charge in [0.05, 0.1) is 11.7 Å². The molecule has 1 atom stereocenters. The van der Waals surface area contributed by atoms with Crippen LogP contribution in [0.3, 0.4) is 0 Å². The third-order valence-corrected chi connectivity index (χ3v) is 2.98. The van der Waals surface area contributed by atoms with Gasteiger partial charge in [0.2, 0.25) is 0 Å². The highest BCUT2D eigenvalue weighted by Crippen LogP contribution is 2.28. The first-order chi connectivity index (χ1) is 8.04. The minimum absolute atomic E-state index is 0.260. The normalized spacial score (nSPS) is 12.9. The van der Waals surface area contributed by atoms with Crippen LogP contribution in [-0.4, -0.2) is 21.2 Å². The zero-order valence-corrected chi connectivity index (χ0v) is 9.82. The lowest BCUT2D eigenvalue weighted by Gasteiger charge is -2.06. The van der Waals surface area contributed by atoms with E-state index in [9.17, 15) is 9.90 Å². The zero-order chi connectivity index (χ0) is 12.6. The van der Waals surface area contributed by atoms with Gasteiger partial charge in [0.1, 0.15) is 0 Å². The summed E-state index contributed by atoms with van der Waals surface area (Å²) < 4.78 is 0. The summed E-state index contributed by atoms with van der Waals surface area (Å²) in [6, 6.07) is 3.28. The molecule has 1 heterocycles. The van der Waals surface area contributed by atoms with Crippen LogP contribution in [0.5, 0.6) is 0 Å². The molecule has 0 saturated carbocycles. The van der Waals surface area contributed by atoms with Crippen LogP contribution in [0.1, 0.15) is 41.4 Å². The van der Waals surface area contributed by atoms with Gasteiger partial charge >= 0.3 is 5.97 Å². The minimum Gasteiger partial charge on any atom is -0.478 e. The maximum absolute atomic E-state index is 11.0. The van der Waals surface area contributed by atoms with E-state index in [1.54, 1.807) is 25.3 Å². The Morgan fingerprint density at radius 3 is 2.71 bits per heavy atom. The van der Waals surface area contributed by atoms with Crippen LogP contribution in [0.2, 0.25) is 0 Å². The predicted molar refractivity (Wildman–Crippen MR) is 65.3 cm³/mol. The molecule has 1 unspecified atom stereocenters.